The van der Waals surface area contributed by atoms with E-state index in [1.54, 1.807) is 12.1 Å². The van der Waals surface area contributed by atoms with E-state index in [-0.39, 0.29) is 5.69 Å². The number of fused-ring (bicyclic) bond motifs is 1. The van der Waals surface area contributed by atoms with Gasteiger partial charge < -0.3 is 15.4 Å². The van der Waals surface area contributed by atoms with Crippen molar-refractivity contribution in [3.05, 3.63) is 46.3 Å². The fourth-order valence-corrected chi connectivity index (χ4v) is 2.08. The molecule has 0 atom stereocenters. The largest absolute Gasteiger partial charge is 0.476 e. The number of anilines is 2. The van der Waals surface area contributed by atoms with Crippen molar-refractivity contribution < 1.29 is 9.66 Å². The fourth-order valence-electron chi connectivity index (χ4n) is 2.08. The molecule has 0 radical (unpaired) electrons. The summed E-state index contributed by atoms with van der Waals surface area (Å²) in [7, 11) is 0. The van der Waals surface area contributed by atoms with E-state index in [2.05, 4.69) is 20.6 Å². The summed E-state index contributed by atoms with van der Waals surface area (Å²) in [5.74, 6) is 1.20. The molecule has 1 aliphatic rings. The highest BCUT2D eigenvalue weighted by Gasteiger charge is 2.17. The van der Waals surface area contributed by atoms with E-state index in [0.717, 1.165) is 17.1 Å². The normalized spacial score (nSPS) is 12.2. The van der Waals surface area contributed by atoms with Gasteiger partial charge in [-0.1, -0.05) is 12.1 Å². The van der Waals surface area contributed by atoms with Gasteiger partial charge >= 0.3 is 0 Å². The van der Waals surface area contributed by atoms with Crippen molar-refractivity contribution in [3.63, 3.8) is 0 Å². The van der Waals surface area contributed by atoms with Crippen molar-refractivity contribution in [2.45, 2.75) is 6.42 Å². The molecule has 0 amide bonds. The molecule has 0 bridgehead atoms. The Bertz CT molecular complexity index is 677. The molecule has 1 aliphatic heterocycles. The summed E-state index contributed by atoms with van der Waals surface area (Å²) in [6.45, 7) is 0.974. The standard InChI is InChI=1S/C13H13N5O3/c19-18(20)10-3-1-2-9(6-10)4-5-21-13-11-12(15-7-14-11)16-8-17-13/h1-3,6,8,14H,4-5,7H2,(H,15,16,17). The van der Waals surface area contributed by atoms with Gasteiger partial charge in [0.25, 0.3) is 5.69 Å². The second-order valence-electron chi connectivity index (χ2n) is 4.46. The molecule has 108 valence electrons. The van der Waals surface area contributed by atoms with Crippen molar-refractivity contribution in [1.82, 2.24) is 9.97 Å². The number of nitro groups is 1. The van der Waals surface area contributed by atoms with Gasteiger partial charge in [0.05, 0.1) is 18.2 Å². The van der Waals surface area contributed by atoms with E-state index in [9.17, 15) is 10.1 Å². The lowest BCUT2D eigenvalue weighted by Crippen LogP contribution is -2.05. The predicted molar refractivity (Wildman–Crippen MR) is 76.4 cm³/mol. The van der Waals surface area contributed by atoms with E-state index in [1.165, 1.54) is 12.4 Å². The molecule has 8 heteroatoms. The lowest BCUT2D eigenvalue weighted by Gasteiger charge is -2.08. The van der Waals surface area contributed by atoms with Crippen LogP contribution in [0.25, 0.3) is 0 Å². The third kappa shape index (κ3) is 2.83. The van der Waals surface area contributed by atoms with Crippen LogP contribution in [0, 0.1) is 10.1 Å². The molecule has 0 saturated carbocycles. The zero-order chi connectivity index (χ0) is 14.7. The van der Waals surface area contributed by atoms with Crippen molar-refractivity contribution in [2.24, 2.45) is 0 Å². The number of nitrogens with zero attached hydrogens (tertiary/aromatic N) is 3. The van der Waals surface area contributed by atoms with Gasteiger partial charge in [-0.05, 0) is 5.56 Å². The van der Waals surface area contributed by atoms with E-state index in [1.807, 2.05) is 6.07 Å². The first-order chi connectivity index (χ1) is 10.2. The number of ether oxygens (including phenoxy) is 1. The van der Waals surface area contributed by atoms with E-state index in [0.29, 0.717) is 25.6 Å². The van der Waals surface area contributed by atoms with Crippen LogP contribution in [0.5, 0.6) is 5.88 Å². The Kier molecular flexibility index (Phi) is 3.50. The Morgan fingerprint density at radius 1 is 1.33 bits per heavy atom. The van der Waals surface area contributed by atoms with Crippen LogP contribution in [0.15, 0.2) is 30.6 Å². The number of hydrogen-bond acceptors (Lipinski definition) is 7. The van der Waals surface area contributed by atoms with E-state index < -0.39 is 4.92 Å². The number of nitrogens with one attached hydrogen (secondary N) is 2. The highest BCUT2D eigenvalue weighted by atomic mass is 16.6. The van der Waals surface area contributed by atoms with Crippen molar-refractivity contribution >= 4 is 17.2 Å². The molecule has 1 aromatic heterocycles. The van der Waals surface area contributed by atoms with Crippen molar-refractivity contribution in [1.29, 1.82) is 0 Å². The number of aromatic nitrogens is 2. The highest BCUT2D eigenvalue weighted by Crippen LogP contribution is 2.31. The average Bonchev–Trinajstić information content (AvgIpc) is 2.97. The Hall–Kier alpha value is -2.90. The minimum atomic E-state index is -0.406. The SMILES string of the molecule is O=[N+]([O-])c1cccc(CCOc2ncnc3c2NCN3)c1. The van der Waals surface area contributed by atoms with Crippen LogP contribution in [0.4, 0.5) is 17.2 Å². The lowest BCUT2D eigenvalue weighted by atomic mass is 10.1. The van der Waals surface area contributed by atoms with Crippen LogP contribution in [-0.4, -0.2) is 28.2 Å². The van der Waals surface area contributed by atoms with Crippen LogP contribution in [-0.2, 0) is 6.42 Å². The Balaban J connectivity index is 1.63. The number of hydrogen-bond donors (Lipinski definition) is 2. The Morgan fingerprint density at radius 3 is 3.10 bits per heavy atom. The molecule has 1 aromatic carbocycles. The van der Waals surface area contributed by atoms with Gasteiger partial charge in [0.1, 0.15) is 12.0 Å². The van der Waals surface area contributed by atoms with Gasteiger partial charge in [0.2, 0.25) is 5.88 Å². The molecule has 0 aliphatic carbocycles. The molecule has 2 N–H and O–H groups in total. The summed E-state index contributed by atoms with van der Waals surface area (Å²) in [4.78, 5) is 18.5. The van der Waals surface area contributed by atoms with Gasteiger partial charge in [-0.25, -0.2) is 4.98 Å². The van der Waals surface area contributed by atoms with E-state index in [4.69, 9.17) is 4.74 Å². The van der Waals surface area contributed by atoms with Gasteiger partial charge in [-0.2, -0.15) is 4.98 Å². The summed E-state index contributed by atoms with van der Waals surface area (Å²) < 4.78 is 5.63. The first-order valence-corrected chi connectivity index (χ1v) is 6.43. The average molecular weight is 287 g/mol. The first-order valence-electron chi connectivity index (χ1n) is 6.43. The molecule has 0 fully saturated rings. The maximum Gasteiger partial charge on any atom is 0.269 e. The molecule has 0 saturated heterocycles. The highest BCUT2D eigenvalue weighted by molar-refractivity contribution is 5.73. The topological polar surface area (TPSA) is 102 Å². The molecular weight excluding hydrogens is 274 g/mol. The quantitative estimate of drug-likeness (QED) is 0.638. The molecule has 8 nitrogen and oxygen atoms in total. The smallest absolute Gasteiger partial charge is 0.269 e. The zero-order valence-corrected chi connectivity index (χ0v) is 11.1. The Labute approximate surface area is 120 Å². The number of rotatable bonds is 5. The monoisotopic (exact) mass is 287 g/mol. The van der Waals surface area contributed by atoms with Crippen LogP contribution in [0.3, 0.4) is 0 Å². The fraction of sp³-hybridized carbons (Fsp3) is 0.231. The summed E-state index contributed by atoms with van der Waals surface area (Å²) in [6, 6.07) is 6.52. The molecule has 0 spiro atoms. The minimum absolute atomic E-state index is 0.0845. The van der Waals surface area contributed by atoms with Gasteiger partial charge in [0.15, 0.2) is 5.82 Å². The molecule has 3 rings (SSSR count). The molecule has 2 aromatic rings. The maximum absolute atomic E-state index is 10.7. The van der Waals surface area contributed by atoms with Crippen LogP contribution in [0.1, 0.15) is 5.56 Å². The van der Waals surface area contributed by atoms with Crippen molar-refractivity contribution in [3.8, 4) is 5.88 Å². The second-order valence-corrected chi connectivity index (χ2v) is 4.46. The molecular formula is C13H13N5O3. The summed E-state index contributed by atoms with van der Waals surface area (Å²) in [5, 5.41) is 16.9. The van der Waals surface area contributed by atoms with Crippen LogP contribution >= 0.6 is 0 Å². The van der Waals surface area contributed by atoms with Gasteiger partial charge in [-0.15, -0.1) is 0 Å². The van der Waals surface area contributed by atoms with Gasteiger partial charge in [0, 0.05) is 18.6 Å². The predicted octanol–water partition coefficient (Wildman–Crippen LogP) is 1.80. The van der Waals surface area contributed by atoms with Gasteiger partial charge in [-0.3, -0.25) is 10.1 Å². The van der Waals surface area contributed by atoms with Crippen LogP contribution in [0.2, 0.25) is 0 Å². The second kappa shape index (κ2) is 5.61. The third-order valence-corrected chi connectivity index (χ3v) is 3.08. The lowest BCUT2D eigenvalue weighted by molar-refractivity contribution is -0.384. The molecule has 21 heavy (non-hydrogen) atoms. The molecule has 2 heterocycles. The number of benzene rings is 1. The zero-order valence-electron chi connectivity index (χ0n) is 11.1. The first kappa shape index (κ1) is 13.1. The molecule has 0 unspecified atom stereocenters. The summed E-state index contributed by atoms with van der Waals surface area (Å²) >= 11 is 0. The number of non-ortho nitro benzene ring substituents is 1. The third-order valence-electron chi connectivity index (χ3n) is 3.08. The van der Waals surface area contributed by atoms with E-state index >= 15 is 0 Å². The number of nitro benzene ring substituents is 1. The summed E-state index contributed by atoms with van der Waals surface area (Å²) in [5.41, 5.74) is 1.68. The maximum atomic E-state index is 10.7. The van der Waals surface area contributed by atoms with Crippen molar-refractivity contribution in [2.75, 3.05) is 23.9 Å². The summed E-state index contributed by atoms with van der Waals surface area (Å²) in [6.07, 6.45) is 2.00. The Morgan fingerprint density at radius 2 is 2.24 bits per heavy atom. The minimum Gasteiger partial charge on any atom is -0.476 e. The van der Waals surface area contributed by atoms with Crippen LogP contribution < -0.4 is 15.4 Å².